The van der Waals surface area contributed by atoms with Crippen molar-refractivity contribution in [3.8, 4) is 0 Å². The van der Waals surface area contributed by atoms with Gasteiger partial charge in [0.15, 0.2) is 0 Å². The molecule has 17 nitrogen and oxygen atoms in total. The van der Waals surface area contributed by atoms with Crippen LogP contribution in [0.2, 0.25) is 0 Å². The van der Waals surface area contributed by atoms with Crippen molar-refractivity contribution in [2.75, 3.05) is 18.5 Å². The summed E-state index contributed by atoms with van der Waals surface area (Å²) in [6, 6.07) is -0.253. The number of hydrogen-bond donors (Lipinski definition) is 7. The van der Waals surface area contributed by atoms with Gasteiger partial charge in [-0.3, -0.25) is 33.6 Å². The first-order valence-corrected chi connectivity index (χ1v) is 13.8. The first-order valence-electron chi connectivity index (χ1n) is 13.8. The Morgan fingerprint density at radius 1 is 0.933 bits per heavy atom. The molecule has 7 N–H and O–H groups in total. The highest BCUT2D eigenvalue weighted by Crippen LogP contribution is 2.22. The molecule has 1 aliphatic heterocycles. The third-order valence-corrected chi connectivity index (χ3v) is 6.94. The van der Waals surface area contributed by atoms with E-state index in [-0.39, 0.29) is 24.2 Å². The van der Waals surface area contributed by atoms with Crippen LogP contribution in [0.1, 0.15) is 38.2 Å². The molecule has 3 rings (SSSR count). The Balaban J connectivity index is 1.71. The summed E-state index contributed by atoms with van der Waals surface area (Å²) >= 11 is 0. The lowest BCUT2D eigenvalue weighted by Gasteiger charge is -2.29. The van der Waals surface area contributed by atoms with Gasteiger partial charge in [0.25, 0.3) is 0 Å². The average Bonchev–Trinajstić information content (AvgIpc) is 3.44. The molecule has 1 saturated heterocycles. The fraction of sp³-hybridized carbons (Fsp3) is 0.429. The number of nitrogens with zero attached hydrogens (tertiary/aromatic N) is 1. The zero-order chi connectivity index (χ0) is 33.4. The minimum absolute atomic E-state index is 0.0568. The van der Waals surface area contributed by atoms with Crippen LogP contribution in [0.5, 0.6) is 0 Å². The molecule has 1 aliphatic rings. The quantitative estimate of drug-likeness (QED) is 0.124. The van der Waals surface area contributed by atoms with E-state index < -0.39 is 90.7 Å². The lowest BCUT2D eigenvalue weighted by Crippen LogP contribution is -2.58. The first-order chi connectivity index (χ1) is 21.2. The predicted molar refractivity (Wildman–Crippen MR) is 154 cm³/mol. The van der Waals surface area contributed by atoms with E-state index in [4.69, 9.17) is 9.52 Å². The van der Waals surface area contributed by atoms with Crippen LogP contribution in [0.25, 0.3) is 11.0 Å². The molecule has 17 heteroatoms. The molecule has 0 radical (unpaired) electrons. The molecule has 0 unspecified atom stereocenters. The summed E-state index contributed by atoms with van der Waals surface area (Å²) < 4.78 is 5.14. The van der Waals surface area contributed by atoms with Gasteiger partial charge in [-0.05, 0) is 37.5 Å². The molecule has 4 atom stereocenters. The second-order valence-corrected chi connectivity index (χ2v) is 10.4. The van der Waals surface area contributed by atoms with Crippen molar-refractivity contribution in [3.05, 3.63) is 40.2 Å². The number of benzene rings is 1. The van der Waals surface area contributed by atoms with Crippen LogP contribution < -0.4 is 26.9 Å². The van der Waals surface area contributed by atoms with Crippen LogP contribution >= 0.6 is 0 Å². The van der Waals surface area contributed by atoms with Gasteiger partial charge < -0.3 is 45.9 Å². The Hall–Kier alpha value is -5.32. The van der Waals surface area contributed by atoms with E-state index in [1.165, 1.54) is 18.2 Å². The Bertz CT molecular complexity index is 1550. The maximum Gasteiger partial charge on any atom is 0.336 e. The predicted octanol–water partition coefficient (Wildman–Crippen LogP) is -1.55. The number of carbonyl (C=O) groups excluding carboxylic acids is 5. The van der Waals surface area contributed by atoms with Crippen LogP contribution in [0.3, 0.4) is 0 Å². The molecule has 0 spiro atoms. The molecule has 0 bridgehead atoms. The Morgan fingerprint density at radius 2 is 1.60 bits per heavy atom. The zero-order valence-electron chi connectivity index (χ0n) is 24.3. The van der Waals surface area contributed by atoms with Crippen LogP contribution in [0, 0.1) is 6.92 Å². The number of aliphatic carboxylic acids is 2. The van der Waals surface area contributed by atoms with E-state index >= 15 is 0 Å². The monoisotopic (exact) mass is 631 g/mol. The SMILES string of the molecule is CC(=O)N[C@@H](CC(=O)O)C(=O)N1CCC[C@H]1C(=O)N[C@@H](CO)C(=O)N[C@@H](CC(=O)O)C(=O)Nc1ccc2c(C)cc(=O)oc2c1. The number of carboxylic acids is 2. The van der Waals surface area contributed by atoms with Gasteiger partial charge in [-0.25, -0.2) is 4.79 Å². The van der Waals surface area contributed by atoms with Gasteiger partial charge in [0, 0.05) is 36.7 Å². The number of aliphatic hydroxyl groups excluding tert-OH is 1. The van der Waals surface area contributed by atoms with Crippen molar-refractivity contribution >= 4 is 58.1 Å². The number of carbonyl (C=O) groups is 7. The Kier molecular flexibility index (Phi) is 11.3. The van der Waals surface area contributed by atoms with Crippen LogP contribution in [-0.4, -0.2) is 99.0 Å². The van der Waals surface area contributed by atoms with Gasteiger partial charge in [0.2, 0.25) is 29.5 Å². The number of nitrogens with one attached hydrogen (secondary N) is 4. The summed E-state index contributed by atoms with van der Waals surface area (Å²) in [5.74, 6) is -7.23. The Morgan fingerprint density at radius 3 is 2.22 bits per heavy atom. The summed E-state index contributed by atoms with van der Waals surface area (Å²) in [6.07, 6.45) is -1.12. The number of amides is 5. The summed E-state index contributed by atoms with van der Waals surface area (Å²) in [6.45, 7) is 1.88. The number of aryl methyl sites for hydroxylation is 1. The number of anilines is 1. The lowest BCUT2D eigenvalue weighted by molar-refractivity contribution is -0.146. The largest absolute Gasteiger partial charge is 0.481 e. The summed E-state index contributed by atoms with van der Waals surface area (Å²) in [4.78, 5) is 99.1. The van der Waals surface area contributed by atoms with Gasteiger partial charge in [-0.2, -0.15) is 0 Å². The second kappa shape index (κ2) is 14.9. The van der Waals surface area contributed by atoms with E-state index in [9.17, 15) is 48.6 Å². The number of rotatable bonds is 13. The van der Waals surface area contributed by atoms with Crippen molar-refractivity contribution < 1.29 is 53.3 Å². The highest BCUT2D eigenvalue weighted by Gasteiger charge is 2.39. The number of hydrogen-bond acceptors (Lipinski definition) is 10. The van der Waals surface area contributed by atoms with Crippen molar-refractivity contribution in [1.29, 1.82) is 0 Å². The van der Waals surface area contributed by atoms with Crippen LogP contribution in [0.15, 0.2) is 33.5 Å². The highest BCUT2D eigenvalue weighted by molar-refractivity contribution is 6.01. The molecule has 45 heavy (non-hydrogen) atoms. The molecule has 5 amide bonds. The van der Waals surface area contributed by atoms with Gasteiger partial charge in [-0.1, -0.05) is 0 Å². The Labute approximate surface area is 254 Å². The van der Waals surface area contributed by atoms with E-state index in [0.717, 1.165) is 11.8 Å². The number of aliphatic hydroxyl groups is 1. The maximum atomic E-state index is 13.1. The minimum atomic E-state index is -1.67. The fourth-order valence-electron chi connectivity index (χ4n) is 4.87. The van der Waals surface area contributed by atoms with Crippen molar-refractivity contribution in [1.82, 2.24) is 20.9 Å². The summed E-state index contributed by atoms with van der Waals surface area (Å²) in [5.41, 5.74) is 0.300. The molecule has 2 heterocycles. The van der Waals surface area contributed by atoms with Gasteiger partial charge in [0.05, 0.1) is 19.4 Å². The fourth-order valence-corrected chi connectivity index (χ4v) is 4.87. The van der Waals surface area contributed by atoms with Gasteiger partial charge in [0.1, 0.15) is 29.8 Å². The van der Waals surface area contributed by atoms with E-state index in [1.54, 1.807) is 13.0 Å². The van der Waals surface area contributed by atoms with Gasteiger partial charge in [-0.15, -0.1) is 0 Å². The average molecular weight is 632 g/mol. The second-order valence-electron chi connectivity index (χ2n) is 10.4. The van der Waals surface area contributed by atoms with E-state index in [2.05, 4.69) is 21.3 Å². The molecular weight excluding hydrogens is 598 g/mol. The molecular formula is C28H33N5O12. The molecule has 0 saturated carbocycles. The lowest BCUT2D eigenvalue weighted by atomic mass is 10.1. The molecule has 1 fully saturated rings. The maximum absolute atomic E-state index is 13.1. The van der Waals surface area contributed by atoms with Crippen molar-refractivity contribution in [2.24, 2.45) is 0 Å². The smallest absolute Gasteiger partial charge is 0.336 e. The third-order valence-electron chi connectivity index (χ3n) is 6.94. The first kappa shape index (κ1) is 34.2. The van der Waals surface area contributed by atoms with Crippen molar-refractivity contribution in [3.63, 3.8) is 0 Å². The molecule has 1 aromatic heterocycles. The topological polar surface area (TPSA) is 262 Å². The highest BCUT2D eigenvalue weighted by atomic mass is 16.4. The molecule has 1 aromatic carbocycles. The summed E-state index contributed by atoms with van der Waals surface area (Å²) in [7, 11) is 0. The van der Waals surface area contributed by atoms with Crippen LogP contribution in [0.4, 0.5) is 5.69 Å². The van der Waals surface area contributed by atoms with E-state index in [0.29, 0.717) is 17.4 Å². The standard InChI is InChI=1S/C28H33N5O12/c1-13-8-24(40)45-21-9-15(5-6-16(13)21)30-25(41)17(10-22(36)37)31-26(42)19(12-34)32-27(43)20-4-3-7-33(20)28(44)18(11-23(38)39)29-14(2)35/h5-6,8-9,17-20,34H,3-4,7,10-12H2,1-2H3,(H,29,35)(H,30,41)(H,31,42)(H,32,43)(H,36,37)(H,38,39)/t17-,18-,19-,20-/m0/s1. The van der Waals surface area contributed by atoms with Gasteiger partial charge >= 0.3 is 17.6 Å². The van der Waals surface area contributed by atoms with Crippen molar-refractivity contribution in [2.45, 2.75) is 63.7 Å². The molecule has 2 aromatic rings. The van der Waals surface area contributed by atoms with E-state index in [1.807, 2.05) is 0 Å². The van der Waals surface area contributed by atoms with Crippen LogP contribution in [-0.2, 0) is 33.6 Å². The number of carboxylic acid groups (broad SMARTS) is 2. The number of fused-ring (bicyclic) bond motifs is 1. The molecule has 0 aliphatic carbocycles. The molecule has 242 valence electrons. The number of likely N-dealkylation sites (tertiary alicyclic amines) is 1. The normalized spacial score (nSPS) is 16.2. The summed E-state index contributed by atoms with van der Waals surface area (Å²) in [5, 5.41) is 38.1. The third kappa shape index (κ3) is 9.09. The zero-order valence-corrected chi connectivity index (χ0v) is 24.3. The minimum Gasteiger partial charge on any atom is -0.481 e.